The van der Waals surface area contributed by atoms with Gasteiger partial charge in [-0.3, -0.25) is 9.69 Å². The van der Waals surface area contributed by atoms with Crippen molar-refractivity contribution in [1.82, 2.24) is 4.90 Å². The van der Waals surface area contributed by atoms with Crippen molar-refractivity contribution in [2.45, 2.75) is 33.7 Å². The van der Waals surface area contributed by atoms with Crippen LogP contribution in [0.2, 0.25) is 0 Å². The molecule has 0 saturated carbocycles. The molecule has 2 heterocycles. The van der Waals surface area contributed by atoms with Gasteiger partial charge >= 0.3 is 0 Å². The van der Waals surface area contributed by atoms with Gasteiger partial charge in [0.05, 0.1) is 6.54 Å². The summed E-state index contributed by atoms with van der Waals surface area (Å²) in [6, 6.07) is 1.32. The maximum absolute atomic E-state index is 11.5. The summed E-state index contributed by atoms with van der Waals surface area (Å²) in [5.74, 6) is 1.98. The number of rotatable bonds is 2. The molecule has 0 spiro atoms. The van der Waals surface area contributed by atoms with Gasteiger partial charge in [-0.2, -0.15) is 0 Å². The molecule has 1 N–H and O–H groups in total. The fourth-order valence-corrected chi connectivity index (χ4v) is 2.89. The van der Waals surface area contributed by atoms with Crippen LogP contribution in [-0.2, 0) is 6.54 Å². The van der Waals surface area contributed by atoms with Crippen molar-refractivity contribution in [3.8, 4) is 5.75 Å². The van der Waals surface area contributed by atoms with E-state index in [1.807, 2.05) is 0 Å². The minimum atomic E-state index is -0.355. The maximum atomic E-state index is 11.5. The number of likely N-dealkylation sites (tertiary alicyclic amines) is 1. The Bertz CT molecular complexity index is 470. The zero-order chi connectivity index (χ0) is 13.3. The van der Waals surface area contributed by atoms with Crippen molar-refractivity contribution in [2.24, 2.45) is 11.8 Å². The lowest BCUT2D eigenvalue weighted by Gasteiger charge is -2.34. The zero-order valence-electron chi connectivity index (χ0n) is 11.3. The molecule has 1 aliphatic rings. The van der Waals surface area contributed by atoms with Crippen molar-refractivity contribution in [2.75, 3.05) is 13.1 Å². The molecule has 4 heteroatoms. The molecule has 1 fully saturated rings. The van der Waals surface area contributed by atoms with Gasteiger partial charge in [-0.1, -0.05) is 13.8 Å². The van der Waals surface area contributed by atoms with E-state index in [1.165, 1.54) is 12.5 Å². The molecule has 2 atom stereocenters. The van der Waals surface area contributed by atoms with Gasteiger partial charge in [-0.05, 0) is 25.2 Å². The van der Waals surface area contributed by atoms with Gasteiger partial charge < -0.3 is 9.52 Å². The molecule has 0 radical (unpaired) electrons. The largest absolute Gasteiger partial charge is 0.502 e. The van der Waals surface area contributed by atoms with Crippen LogP contribution in [0.5, 0.6) is 5.75 Å². The molecule has 100 valence electrons. The number of aryl methyl sites for hydroxylation is 1. The normalized spacial score (nSPS) is 25.3. The number of piperidine rings is 1. The molecule has 0 aliphatic carbocycles. The third-order valence-electron chi connectivity index (χ3n) is 3.43. The summed E-state index contributed by atoms with van der Waals surface area (Å²) in [5.41, 5.74) is -0.355. The van der Waals surface area contributed by atoms with E-state index in [-0.39, 0.29) is 11.2 Å². The van der Waals surface area contributed by atoms with Crippen LogP contribution >= 0.6 is 0 Å². The van der Waals surface area contributed by atoms with E-state index < -0.39 is 0 Å². The van der Waals surface area contributed by atoms with Crippen LogP contribution in [0.25, 0.3) is 0 Å². The molecule has 4 nitrogen and oxygen atoms in total. The topological polar surface area (TPSA) is 53.7 Å². The third-order valence-corrected chi connectivity index (χ3v) is 3.43. The fourth-order valence-electron chi connectivity index (χ4n) is 2.89. The maximum Gasteiger partial charge on any atom is 0.227 e. The summed E-state index contributed by atoms with van der Waals surface area (Å²) in [5, 5.41) is 9.75. The molecule has 0 bridgehead atoms. The predicted molar refractivity (Wildman–Crippen MR) is 69.6 cm³/mol. The van der Waals surface area contributed by atoms with E-state index in [2.05, 4.69) is 18.7 Å². The van der Waals surface area contributed by atoms with Gasteiger partial charge in [0.2, 0.25) is 11.2 Å². The highest BCUT2D eigenvalue weighted by atomic mass is 16.4. The van der Waals surface area contributed by atoms with Crippen molar-refractivity contribution in [3.63, 3.8) is 0 Å². The van der Waals surface area contributed by atoms with Crippen LogP contribution < -0.4 is 5.43 Å². The highest BCUT2D eigenvalue weighted by Crippen LogP contribution is 2.24. The highest BCUT2D eigenvalue weighted by Gasteiger charge is 2.23. The highest BCUT2D eigenvalue weighted by molar-refractivity contribution is 5.24. The summed E-state index contributed by atoms with van der Waals surface area (Å²) in [4.78, 5) is 13.7. The number of nitrogens with zero attached hydrogens (tertiary/aromatic N) is 1. The summed E-state index contributed by atoms with van der Waals surface area (Å²) in [7, 11) is 0. The van der Waals surface area contributed by atoms with Gasteiger partial charge in [0.15, 0.2) is 5.76 Å². The van der Waals surface area contributed by atoms with Crippen molar-refractivity contribution < 1.29 is 9.52 Å². The number of hydrogen-bond donors (Lipinski definition) is 1. The molecule has 1 saturated heterocycles. The quantitative estimate of drug-likeness (QED) is 0.875. The van der Waals surface area contributed by atoms with E-state index in [1.54, 1.807) is 6.92 Å². The van der Waals surface area contributed by atoms with Crippen LogP contribution in [0.15, 0.2) is 15.3 Å². The van der Waals surface area contributed by atoms with E-state index >= 15 is 0 Å². The Kier molecular flexibility index (Phi) is 3.76. The van der Waals surface area contributed by atoms with E-state index in [9.17, 15) is 9.90 Å². The summed E-state index contributed by atoms with van der Waals surface area (Å²) >= 11 is 0. The molecule has 18 heavy (non-hydrogen) atoms. The molecular weight excluding hydrogens is 230 g/mol. The Hall–Kier alpha value is -1.29. The first kappa shape index (κ1) is 13.1. The standard InChI is InChI=1S/C14H21NO3/c1-9-4-10(2)7-15(6-9)8-13-14(17)12(16)5-11(3)18-13/h5,9-10,17H,4,6-8H2,1-3H3. The lowest BCUT2D eigenvalue weighted by atomic mass is 9.92. The second-order valence-corrected chi connectivity index (χ2v) is 5.63. The number of hydrogen-bond acceptors (Lipinski definition) is 4. The lowest BCUT2D eigenvalue weighted by Crippen LogP contribution is -2.38. The molecule has 1 aliphatic heterocycles. The van der Waals surface area contributed by atoms with Crippen LogP contribution in [0.3, 0.4) is 0 Å². The molecule has 0 amide bonds. The van der Waals surface area contributed by atoms with Crippen molar-refractivity contribution in [3.05, 3.63) is 27.8 Å². The molecule has 1 aromatic heterocycles. The summed E-state index contributed by atoms with van der Waals surface area (Å²) in [6.45, 7) is 8.68. The first-order valence-electron chi connectivity index (χ1n) is 6.50. The first-order chi connectivity index (χ1) is 8.45. The van der Waals surface area contributed by atoms with Crippen molar-refractivity contribution in [1.29, 1.82) is 0 Å². The predicted octanol–water partition coefficient (Wildman–Crippen LogP) is 2.13. The van der Waals surface area contributed by atoms with Gasteiger partial charge in [-0.25, -0.2) is 0 Å². The van der Waals surface area contributed by atoms with Crippen LogP contribution in [-0.4, -0.2) is 23.1 Å². The number of aromatic hydroxyl groups is 1. The van der Waals surface area contributed by atoms with Gasteiger partial charge in [0.1, 0.15) is 5.76 Å². The average molecular weight is 251 g/mol. The summed E-state index contributed by atoms with van der Waals surface area (Å²) < 4.78 is 5.47. The van der Waals surface area contributed by atoms with Crippen LogP contribution in [0.4, 0.5) is 0 Å². The smallest absolute Gasteiger partial charge is 0.227 e. The Morgan fingerprint density at radius 1 is 1.39 bits per heavy atom. The molecule has 2 rings (SSSR count). The molecule has 2 unspecified atom stereocenters. The van der Waals surface area contributed by atoms with E-state index in [4.69, 9.17) is 4.42 Å². The van der Waals surface area contributed by atoms with E-state index in [0.717, 1.165) is 13.1 Å². The van der Waals surface area contributed by atoms with Gasteiger partial charge in [0.25, 0.3) is 0 Å². The third kappa shape index (κ3) is 2.93. The zero-order valence-corrected chi connectivity index (χ0v) is 11.3. The average Bonchev–Trinajstić information content (AvgIpc) is 2.23. The Morgan fingerprint density at radius 2 is 2.00 bits per heavy atom. The summed E-state index contributed by atoms with van der Waals surface area (Å²) in [6.07, 6.45) is 1.24. The lowest BCUT2D eigenvalue weighted by molar-refractivity contribution is 0.123. The molecule has 0 aromatic carbocycles. The van der Waals surface area contributed by atoms with Crippen LogP contribution in [0, 0.1) is 18.8 Å². The minimum Gasteiger partial charge on any atom is -0.502 e. The van der Waals surface area contributed by atoms with E-state index in [0.29, 0.717) is 29.9 Å². The molecular formula is C14H21NO3. The molecule has 1 aromatic rings. The second kappa shape index (κ2) is 5.14. The van der Waals surface area contributed by atoms with Gasteiger partial charge in [-0.15, -0.1) is 0 Å². The first-order valence-corrected chi connectivity index (χ1v) is 6.50. The second-order valence-electron chi connectivity index (χ2n) is 5.63. The van der Waals surface area contributed by atoms with Gasteiger partial charge in [0, 0.05) is 19.2 Å². The monoisotopic (exact) mass is 251 g/mol. The minimum absolute atomic E-state index is 0.244. The fraction of sp³-hybridized carbons (Fsp3) is 0.643. The van der Waals surface area contributed by atoms with Crippen molar-refractivity contribution >= 4 is 0 Å². The van der Waals surface area contributed by atoms with Crippen LogP contribution in [0.1, 0.15) is 31.8 Å². The Labute approximate surface area is 107 Å². The SMILES string of the molecule is Cc1cc(=O)c(O)c(CN2CC(C)CC(C)C2)o1. The Morgan fingerprint density at radius 3 is 2.61 bits per heavy atom. The Balaban J connectivity index is 2.16.